The SMILES string of the molecule is CN(C)CCCNC(=O)c1cc(NC(=O)c2nc(NC(=O)c3cc(NC(=O)CCNC(=O)[C]4[CH][CH][CH][CH]4)cn3C)cn2C)cn1C.Cn1ccnc1C(=O)NCCC(=O)Nc1cn(C)c(C(=O)NCCNC(=O)[C]2[CH][CH][CH][CH]2)n1.[Fe+2]. The van der Waals surface area contributed by atoms with Crippen molar-refractivity contribution < 1.29 is 60.2 Å². The summed E-state index contributed by atoms with van der Waals surface area (Å²) in [4.78, 5) is 126. The summed E-state index contributed by atoms with van der Waals surface area (Å²) >= 11 is 0. The van der Waals surface area contributed by atoms with Crippen molar-refractivity contribution >= 4 is 76.2 Å². The van der Waals surface area contributed by atoms with Crippen LogP contribution in [0.3, 0.4) is 0 Å². The van der Waals surface area contributed by atoms with E-state index in [1.54, 1.807) is 125 Å². The third kappa shape index (κ3) is 18.5. The average Bonchev–Trinajstić information content (AvgIpc) is 4.27. The van der Waals surface area contributed by atoms with Crippen molar-refractivity contribution in [2.24, 2.45) is 35.2 Å². The smallest absolute Gasteiger partial charge is 0.355 e. The molecule has 0 aromatic carbocycles. The number of anilines is 4. The third-order valence-electron chi connectivity index (χ3n) is 11.6. The normalized spacial score (nSPS) is 13.1. The van der Waals surface area contributed by atoms with Crippen LogP contribution in [0.2, 0.25) is 0 Å². The molecule has 0 spiro atoms. The maximum absolute atomic E-state index is 13.0. The predicted octanol–water partition coefficient (Wildman–Crippen LogP) is 0.294. The molecule has 5 aromatic rings. The van der Waals surface area contributed by atoms with Crippen LogP contribution >= 0.6 is 0 Å². The van der Waals surface area contributed by atoms with Gasteiger partial charge in [-0.05, 0) is 90.6 Å². The van der Waals surface area contributed by atoms with Gasteiger partial charge in [-0.1, -0.05) is 0 Å². The summed E-state index contributed by atoms with van der Waals surface area (Å²) in [6.45, 7) is 2.13. The quantitative estimate of drug-likeness (QED) is 0.0297. The van der Waals surface area contributed by atoms with Crippen LogP contribution in [0.15, 0.2) is 49.3 Å². The Morgan fingerprint density at radius 2 is 0.912 bits per heavy atom. The molecule has 0 unspecified atom stereocenters. The molecule has 9 amide bonds. The summed E-state index contributed by atoms with van der Waals surface area (Å²) in [5.74, 6) is -1.41. The standard InChI is InChI=1S/C31H39N10O5.C21H25N8O4.Fe/c1-38(2)14-8-12-32-29(44)23-16-22(18-39(23)3)35-31(46)27-36-25(19-41(27)5)37-30(45)24-15-21(17-40(24)4)34-26(42)11-13-33-28(43)20-9-6-7-10-20;1-28-12-11-22-17(28)20(32)23-8-7-16(30)26-15-13-29(2)18(27-15)21(33)25-10-9-24-19(31)14-5-3-4-6-14;/h6-7,9-10,15-19H,8,11-14H2,1-5H3,(H,32,44)(H,33,43)(H,34,42)(H,35,46)(H,37,45);3-6,11-13H,7-10H2,1-2H3,(H,23,32)(H,24,31)(H,25,33)(H,26,30);/q;;+2. The summed E-state index contributed by atoms with van der Waals surface area (Å²) in [7, 11) is 12.2. The number of carbonyl (C=O) groups excluding carboxylic acids is 9. The van der Waals surface area contributed by atoms with Crippen molar-refractivity contribution in [3.05, 3.63) is 141 Å². The number of aromatic nitrogens is 8. The van der Waals surface area contributed by atoms with Gasteiger partial charge in [-0.15, -0.1) is 0 Å². The van der Waals surface area contributed by atoms with Crippen molar-refractivity contribution in [2.75, 3.05) is 74.6 Å². The van der Waals surface area contributed by atoms with Crippen molar-refractivity contribution in [3.8, 4) is 0 Å². The zero-order valence-electron chi connectivity index (χ0n) is 45.2. The molecule has 2 aliphatic rings. The summed E-state index contributed by atoms with van der Waals surface area (Å²) in [5, 5.41) is 24.3. The Kier molecular flexibility index (Phi) is 23.8. The number of imidazole rings is 3. The summed E-state index contributed by atoms with van der Waals surface area (Å²) in [6.07, 6.45) is 24.1. The van der Waals surface area contributed by atoms with Gasteiger partial charge >= 0.3 is 17.1 Å². The van der Waals surface area contributed by atoms with Crippen LogP contribution in [0.25, 0.3) is 0 Å². The molecule has 2 aliphatic carbocycles. The molecule has 5 heterocycles. The van der Waals surface area contributed by atoms with E-state index in [1.807, 2.05) is 19.0 Å². The molecule has 27 nitrogen and oxygen atoms in total. The number of aryl methyl sites for hydroxylation is 5. The van der Waals surface area contributed by atoms with Gasteiger partial charge in [0, 0.05) is 118 Å². The van der Waals surface area contributed by atoms with E-state index >= 15 is 0 Å². The fourth-order valence-electron chi connectivity index (χ4n) is 7.60. The minimum Gasteiger partial charge on any atom is -0.355 e. The molecule has 0 aliphatic heterocycles. The first-order chi connectivity index (χ1) is 37.8. The van der Waals surface area contributed by atoms with Gasteiger partial charge in [0.2, 0.25) is 35.3 Å². The Balaban J connectivity index is 0.000000306. The molecule has 10 radical (unpaired) electrons. The zero-order valence-corrected chi connectivity index (χ0v) is 46.3. The minimum absolute atomic E-state index is 0. The maximum atomic E-state index is 13.0. The second-order valence-electron chi connectivity index (χ2n) is 18.2. The van der Waals surface area contributed by atoms with Gasteiger partial charge < -0.3 is 75.6 Å². The Hall–Kier alpha value is -8.10. The number of nitrogens with one attached hydrogen (secondary N) is 9. The summed E-state index contributed by atoms with van der Waals surface area (Å²) in [5.41, 5.74) is 1.47. The van der Waals surface area contributed by atoms with Gasteiger partial charge in [0.15, 0.2) is 17.5 Å². The third-order valence-corrected chi connectivity index (χ3v) is 11.6. The van der Waals surface area contributed by atoms with Crippen LogP contribution in [-0.4, -0.2) is 149 Å². The van der Waals surface area contributed by atoms with E-state index in [9.17, 15) is 43.2 Å². The minimum atomic E-state index is -0.527. The molecular weight excluding hydrogens is 1080 g/mol. The van der Waals surface area contributed by atoms with E-state index in [2.05, 4.69) is 62.8 Å². The largest absolute Gasteiger partial charge is 2.00 e. The number of hydrogen-bond donors (Lipinski definition) is 9. The molecule has 5 aromatic heterocycles. The molecule has 80 heavy (non-hydrogen) atoms. The molecule has 2 fully saturated rings. The van der Waals surface area contributed by atoms with Crippen molar-refractivity contribution in [1.29, 1.82) is 0 Å². The van der Waals surface area contributed by atoms with E-state index in [-0.39, 0.29) is 126 Å². The average molecular weight is 1140 g/mol. The fraction of sp³-hybridized carbons (Fsp3) is 0.308. The Morgan fingerprint density at radius 1 is 0.463 bits per heavy atom. The molecule has 0 atom stereocenters. The fourth-order valence-corrected chi connectivity index (χ4v) is 7.60. The maximum Gasteiger partial charge on any atom is 2.00 e. The van der Waals surface area contributed by atoms with Crippen molar-refractivity contribution in [3.63, 3.8) is 0 Å². The van der Waals surface area contributed by atoms with Crippen LogP contribution in [-0.2, 0) is 71.5 Å². The molecule has 422 valence electrons. The van der Waals surface area contributed by atoms with Crippen LogP contribution in [0, 0.1) is 63.2 Å². The van der Waals surface area contributed by atoms with Gasteiger partial charge in [0.25, 0.3) is 29.5 Å². The Bertz CT molecular complexity index is 2970. The monoisotopic (exact) mass is 1140 g/mol. The number of amides is 9. The van der Waals surface area contributed by atoms with E-state index in [0.29, 0.717) is 35.4 Å². The van der Waals surface area contributed by atoms with Gasteiger partial charge in [0.05, 0.1) is 23.2 Å². The molecular formula is C52H64FeN18O9+2. The molecule has 2 saturated carbocycles. The Morgan fingerprint density at radius 3 is 1.45 bits per heavy atom. The molecule has 28 heteroatoms. The van der Waals surface area contributed by atoms with Crippen LogP contribution in [0.5, 0.6) is 0 Å². The first kappa shape index (κ1) is 62.7. The van der Waals surface area contributed by atoms with E-state index < -0.39 is 17.7 Å². The Labute approximate surface area is 474 Å². The van der Waals surface area contributed by atoms with Gasteiger partial charge in [-0.3, -0.25) is 43.2 Å². The van der Waals surface area contributed by atoms with Gasteiger partial charge in [-0.2, -0.15) is 0 Å². The van der Waals surface area contributed by atoms with E-state index in [0.717, 1.165) is 13.0 Å². The van der Waals surface area contributed by atoms with Crippen LogP contribution in [0.4, 0.5) is 23.0 Å². The number of nitrogens with zero attached hydrogens (tertiary/aromatic N) is 9. The van der Waals surface area contributed by atoms with Gasteiger partial charge in [0.1, 0.15) is 11.4 Å². The van der Waals surface area contributed by atoms with Crippen molar-refractivity contribution in [2.45, 2.75) is 19.3 Å². The van der Waals surface area contributed by atoms with Crippen LogP contribution < -0.4 is 47.9 Å². The summed E-state index contributed by atoms with van der Waals surface area (Å²) in [6, 6.07) is 3.09. The topological polar surface area (TPSA) is 328 Å². The second kappa shape index (κ2) is 30.3. The summed E-state index contributed by atoms with van der Waals surface area (Å²) < 4.78 is 7.70. The molecule has 7 rings (SSSR count). The first-order valence-electron chi connectivity index (χ1n) is 24.8. The van der Waals surface area contributed by atoms with E-state index in [1.165, 1.54) is 33.8 Å². The molecule has 9 N–H and O–H groups in total. The predicted molar refractivity (Wildman–Crippen MR) is 290 cm³/mol. The number of rotatable bonds is 24. The zero-order chi connectivity index (χ0) is 57.2. The molecule has 0 bridgehead atoms. The van der Waals surface area contributed by atoms with Crippen molar-refractivity contribution in [1.82, 2.24) is 69.3 Å². The van der Waals surface area contributed by atoms with Crippen LogP contribution in [0.1, 0.15) is 72.1 Å². The second-order valence-corrected chi connectivity index (χ2v) is 18.2. The number of carbonyl (C=O) groups is 9. The van der Waals surface area contributed by atoms with Gasteiger partial charge in [-0.25, -0.2) is 15.0 Å². The van der Waals surface area contributed by atoms with E-state index in [4.69, 9.17) is 0 Å². The molecule has 0 saturated heterocycles. The number of hydrogen-bond acceptors (Lipinski definition) is 13. The first-order valence-corrected chi connectivity index (χ1v) is 24.8.